The van der Waals surface area contributed by atoms with E-state index in [1.165, 1.54) is 6.07 Å². The fraction of sp³-hybridized carbons (Fsp3) is 0.250. The van der Waals surface area contributed by atoms with E-state index in [1.807, 2.05) is 36.4 Å². The van der Waals surface area contributed by atoms with Crippen LogP contribution in [0.4, 0.5) is 11.4 Å². The summed E-state index contributed by atoms with van der Waals surface area (Å²) in [5, 5.41) is 24.1. The molecule has 0 aromatic heterocycles. The number of hydrogen-bond acceptors (Lipinski definition) is 5. The zero-order valence-corrected chi connectivity index (χ0v) is 15.0. The van der Waals surface area contributed by atoms with E-state index in [4.69, 9.17) is 21.6 Å². The van der Waals surface area contributed by atoms with Crippen LogP contribution < -0.4 is 10.1 Å². The maximum Gasteiger partial charge on any atom is 0.275 e. The Morgan fingerprint density at radius 1 is 1.30 bits per heavy atom. The number of rotatable bonds is 4. The molecule has 1 N–H and O–H groups in total. The number of nitrogens with one attached hydrogen (secondary N) is 1. The van der Waals surface area contributed by atoms with Gasteiger partial charge in [0.2, 0.25) is 0 Å². The summed E-state index contributed by atoms with van der Waals surface area (Å²) < 4.78 is 5.31. The lowest BCUT2D eigenvalue weighted by atomic mass is 9.76. The van der Waals surface area contributed by atoms with Crippen LogP contribution in [-0.4, -0.2) is 11.5 Å². The molecule has 0 saturated heterocycles. The van der Waals surface area contributed by atoms with E-state index in [0.717, 1.165) is 12.0 Å². The lowest BCUT2D eigenvalue weighted by Gasteiger charge is -2.37. The summed E-state index contributed by atoms with van der Waals surface area (Å²) in [5.41, 5.74) is 2.44. The number of allylic oxidation sites excluding steroid dienone is 2. The van der Waals surface area contributed by atoms with Gasteiger partial charge in [0.05, 0.1) is 27.2 Å². The molecule has 0 fully saturated rings. The van der Waals surface area contributed by atoms with E-state index in [1.54, 1.807) is 6.07 Å². The quantitative estimate of drug-likeness (QED) is 0.458. The molecule has 1 heterocycles. The third-order valence-electron chi connectivity index (χ3n) is 5.19. The maximum absolute atomic E-state index is 11.5. The van der Waals surface area contributed by atoms with Crippen LogP contribution in [0.2, 0.25) is 5.02 Å². The largest absolute Gasteiger partial charge is 0.479 e. The summed E-state index contributed by atoms with van der Waals surface area (Å²) in [6, 6.07) is 12.5. The van der Waals surface area contributed by atoms with Crippen molar-refractivity contribution in [3.63, 3.8) is 0 Å². The van der Waals surface area contributed by atoms with Gasteiger partial charge in [-0.25, -0.2) is 0 Å². The van der Waals surface area contributed by atoms with Crippen molar-refractivity contribution in [1.29, 1.82) is 5.26 Å². The van der Waals surface area contributed by atoms with E-state index in [2.05, 4.69) is 11.4 Å². The van der Waals surface area contributed by atoms with Crippen molar-refractivity contribution in [3.05, 3.63) is 74.8 Å². The molecular weight excluding hydrogens is 366 g/mol. The lowest BCUT2D eigenvalue weighted by molar-refractivity contribution is -0.385. The van der Waals surface area contributed by atoms with Crippen LogP contribution >= 0.6 is 11.6 Å². The Morgan fingerprint density at radius 2 is 2.07 bits per heavy atom. The van der Waals surface area contributed by atoms with Gasteiger partial charge in [-0.05, 0) is 36.1 Å². The molecule has 1 aliphatic heterocycles. The molecule has 3 atom stereocenters. The highest BCUT2D eigenvalue weighted by atomic mass is 35.5. The zero-order valence-electron chi connectivity index (χ0n) is 14.3. The zero-order chi connectivity index (χ0) is 19.0. The van der Waals surface area contributed by atoms with Crippen LogP contribution in [0.3, 0.4) is 0 Å². The first-order valence-electron chi connectivity index (χ1n) is 8.60. The summed E-state index contributed by atoms with van der Waals surface area (Å²) in [5.74, 6) is 0.742. The van der Waals surface area contributed by atoms with Crippen LogP contribution in [0.15, 0.2) is 48.6 Å². The number of fused-ring (bicyclic) bond motifs is 3. The fourth-order valence-corrected chi connectivity index (χ4v) is 4.25. The maximum atomic E-state index is 11.5. The van der Waals surface area contributed by atoms with Crippen LogP contribution in [0.1, 0.15) is 29.5 Å². The van der Waals surface area contributed by atoms with Crippen LogP contribution in [0.5, 0.6) is 5.75 Å². The molecule has 0 amide bonds. The number of nitrogens with zero attached hydrogens (tertiary/aromatic N) is 2. The van der Waals surface area contributed by atoms with Crippen molar-refractivity contribution in [2.24, 2.45) is 5.92 Å². The molecule has 0 radical (unpaired) electrons. The Hall–Kier alpha value is -3.04. The first-order valence-corrected chi connectivity index (χ1v) is 8.97. The monoisotopic (exact) mass is 381 g/mol. The molecule has 1 aliphatic carbocycles. The normalized spacial score (nSPS) is 22.3. The number of hydrogen-bond donors (Lipinski definition) is 1. The second kappa shape index (κ2) is 6.93. The topological polar surface area (TPSA) is 88.2 Å². The standard InChI is InChI=1S/C20H16ClN3O3/c21-16-8-9-17(24(25)26)18-14-2-1-3-15(14)19(23-20(16)18)12-4-6-13(7-5-12)27-11-10-22/h1-2,4-9,14-15,19,23H,3,11H2/t14-,15-,19+/m1/s1. The Bertz CT molecular complexity index is 966. The van der Waals surface area contributed by atoms with Gasteiger partial charge in [0.15, 0.2) is 6.61 Å². The van der Waals surface area contributed by atoms with E-state index in [0.29, 0.717) is 22.0 Å². The van der Waals surface area contributed by atoms with Gasteiger partial charge in [-0.3, -0.25) is 10.1 Å². The van der Waals surface area contributed by atoms with Gasteiger partial charge >= 0.3 is 0 Å². The van der Waals surface area contributed by atoms with Crippen molar-refractivity contribution in [2.45, 2.75) is 18.4 Å². The van der Waals surface area contributed by atoms with E-state index in [-0.39, 0.29) is 35.1 Å². The summed E-state index contributed by atoms with van der Waals surface area (Å²) in [6.45, 7) is 0.00228. The Morgan fingerprint density at radius 3 is 2.78 bits per heavy atom. The van der Waals surface area contributed by atoms with Crippen molar-refractivity contribution < 1.29 is 9.66 Å². The van der Waals surface area contributed by atoms with Crippen molar-refractivity contribution in [2.75, 3.05) is 11.9 Å². The van der Waals surface area contributed by atoms with Gasteiger partial charge in [-0.2, -0.15) is 5.26 Å². The molecule has 0 unspecified atom stereocenters. The Balaban J connectivity index is 1.73. The number of nitro groups is 1. The number of nitro benzene ring substituents is 1. The first-order chi connectivity index (χ1) is 13.1. The van der Waals surface area contributed by atoms with Gasteiger partial charge in [0, 0.05) is 12.0 Å². The third-order valence-corrected chi connectivity index (χ3v) is 5.50. The van der Waals surface area contributed by atoms with E-state index < -0.39 is 0 Å². The highest BCUT2D eigenvalue weighted by Gasteiger charge is 2.42. The average Bonchev–Trinajstić information content (AvgIpc) is 3.16. The molecule has 0 spiro atoms. The van der Waals surface area contributed by atoms with Gasteiger partial charge in [-0.1, -0.05) is 35.9 Å². The number of anilines is 1. The second-order valence-electron chi connectivity index (χ2n) is 6.60. The second-order valence-corrected chi connectivity index (χ2v) is 7.01. The van der Waals surface area contributed by atoms with E-state index in [9.17, 15) is 10.1 Å². The van der Waals surface area contributed by atoms with Gasteiger partial charge in [0.25, 0.3) is 5.69 Å². The summed E-state index contributed by atoms with van der Waals surface area (Å²) in [4.78, 5) is 11.2. The summed E-state index contributed by atoms with van der Waals surface area (Å²) >= 11 is 6.38. The van der Waals surface area contributed by atoms with Gasteiger partial charge in [0.1, 0.15) is 11.8 Å². The smallest absolute Gasteiger partial charge is 0.275 e. The van der Waals surface area contributed by atoms with Crippen LogP contribution in [0.25, 0.3) is 0 Å². The van der Waals surface area contributed by atoms with Gasteiger partial charge < -0.3 is 10.1 Å². The van der Waals surface area contributed by atoms with Crippen molar-refractivity contribution >= 4 is 23.0 Å². The molecule has 2 aliphatic rings. The molecule has 27 heavy (non-hydrogen) atoms. The fourth-order valence-electron chi connectivity index (χ4n) is 4.03. The average molecular weight is 382 g/mol. The highest BCUT2D eigenvalue weighted by molar-refractivity contribution is 6.33. The minimum absolute atomic E-state index is 0.00228. The number of nitriles is 1. The predicted octanol–water partition coefficient (Wildman–Crippen LogP) is 4.98. The minimum atomic E-state index is -0.346. The van der Waals surface area contributed by atoms with E-state index >= 15 is 0 Å². The molecule has 136 valence electrons. The Kier molecular flexibility index (Phi) is 4.46. The third kappa shape index (κ3) is 3.00. The lowest BCUT2D eigenvalue weighted by Crippen LogP contribution is -2.29. The number of halogens is 1. The predicted molar refractivity (Wildman–Crippen MR) is 102 cm³/mol. The SMILES string of the molecule is N#CCOc1ccc([C@@H]2Nc3c(Cl)ccc([N+](=O)[O-])c3[C@@H]3C=CC[C@H]32)cc1. The number of benzene rings is 2. The van der Waals surface area contributed by atoms with Crippen molar-refractivity contribution in [3.8, 4) is 11.8 Å². The first kappa shape index (κ1) is 17.4. The molecule has 4 rings (SSSR count). The molecule has 7 heteroatoms. The molecule has 2 aromatic carbocycles. The molecule has 0 saturated carbocycles. The minimum Gasteiger partial charge on any atom is -0.479 e. The highest BCUT2D eigenvalue weighted by Crippen LogP contribution is 2.54. The van der Waals surface area contributed by atoms with Crippen molar-refractivity contribution in [1.82, 2.24) is 0 Å². The molecular formula is C20H16ClN3O3. The summed E-state index contributed by atoms with van der Waals surface area (Å²) in [6.07, 6.45) is 4.96. The molecule has 6 nitrogen and oxygen atoms in total. The van der Waals surface area contributed by atoms with Gasteiger partial charge in [-0.15, -0.1) is 0 Å². The molecule has 2 aromatic rings. The number of ether oxygens (including phenoxy) is 1. The summed E-state index contributed by atoms with van der Waals surface area (Å²) in [7, 11) is 0. The Labute approximate surface area is 161 Å². The molecule has 0 bridgehead atoms. The van der Waals surface area contributed by atoms with Crippen LogP contribution in [0, 0.1) is 27.4 Å². The van der Waals surface area contributed by atoms with Crippen LogP contribution in [-0.2, 0) is 0 Å².